The van der Waals surface area contributed by atoms with Crippen LogP contribution >= 0.6 is 0 Å². The first-order chi connectivity index (χ1) is 6.46. The Hall–Kier alpha value is -0.610. The normalized spacial score (nSPS) is 28.9. The van der Waals surface area contributed by atoms with Crippen molar-refractivity contribution in [3.05, 3.63) is 0 Å². The standard InChI is InChI=1S/C10H20N2O2/c1-8(13)6-12(3)9(14)10(2)4-5-11-7-10/h8,11,13H,4-7H2,1-3H3. The number of hydrogen-bond donors (Lipinski definition) is 2. The zero-order chi connectivity index (χ0) is 10.8. The van der Waals surface area contributed by atoms with E-state index in [4.69, 9.17) is 0 Å². The minimum Gasteiger partial charge on any atom is -0.392 e. The zero-order valence-electron chi connectivity index (χ0n) is 9.21. The van der Waals surface area contributed by atoms with E-state index < -0.39 is 6.10 Å². The van der Waals surface area contributed by atoms with Crippen LogP contribution in [0.5, 0.6) is 0 Å². The third kappa shape index (κ3) is 2.45. The van der Waals surface area contributed by atoms with Crippen LogP contribution in [0.3, 0.4) is 0 Å². The fraction of sp³-hybridized carbons (Fsp3) is 0.900. The Morgan fingerprint density at radius 2 is 2.36 bits per heavy atom. The maximum atomic E-state index is 12.0. The number of amides is 1. The molecule has 4 nitrogen and oxygen atoms in total. The Morgan fingerprint density at radius 1 is 1.71 bits per heavy atom. The van der Waals surface area contributed by atoms with E-state index in [2.05, 4.69) is 5.32 Å². The van der Waals surface area contributed by atoms with Gasteiger partial charge < -0.3 is 15.3 Å². The van der Waals surface area contributed by atoms with Crippen LogP contribution in [-0.2, 0) is 4.79 Å². The molecule has 1 aliphatic rings. The van der Waals surface area contributed by atoms with Crippen LogP contribution in [0, 0.1) is 5.41 Å². The monoisotopic (exact) mass is 200 g/mol. The number of carbonyl (C=O) groups excluding carboxylic acids is 1. The van der Waals surface area contributed by atoms with Crippen molar-refractivity contribution in [3.63, 3.8) is 0 Å². The average Bonchev–Trinajstić information content (AvgIpc) is 2.51. The quantitative estimate of drug-likeness (QED) is 0.665. The highest BCUT2D eigenvalue weighted by Gasteiger charge is 2.38. The van der Waals surface area contributed by atoms with Gasteiger partial charge >= 0.3 is 0 Å². The Balaban J connectivity index is 2.55. The van der Waals surface area contributed by atoms with Crippen molar-refractivity contribution < 1.29 is 9.90 Å². The summed E-state index contributed by atoms with van der Waals surface area (Å²) in [7, 11) is 1.75. The summed E-state index contributed by atoms with van der Waals surface area (Å²) in [5, 5.41) is 12.4. The van der Waals surface area contributed by atoms with Crippen molar-refractivity contribution in [2.75, 3.05) is 26.7 Å². The number of aliphatic hydroxyl groups excluding tert-OH is 1. The van der Waals surface area contributed by atoms with Crippen molar-refractivity contribution >= 4 is 5.91 Å². The molecule has 0 spiro atoms. The third-order valence-corrected chi connectivity index (χ3v) is 2.77. The van der Waals surface area contributed by atoms with E-state index in [0.29, 0.717) is 6.54 Å². The molecular formula is C10H20N2O2. The number of hydrogen-bond acceptors (Lipinski definition) is 3. The molecule has 4 heteroatoms. The average molecular weight is 200 g/mol. The minimum atomic E-state index is -0.457. The number of likely N-dealkylation sites (N-methyl/N-ethyl adjacent to an activating group) is 1. The van der Waals surface area contributed by atoms with Gasteiger partial charge in [0.15, 0.2) is 0 Å². The fourth-order valence-electron chi connectivity index (χ4n) is 1.94. The van der Waals surface area contributed by atoms with Crippen molar-refractivity contribution in [2.45, 2.75) is 26.4 Å². The van der Waals surface area contributed by atoms with Gasteiger partial charge in [-0.25, -0.2) is 0 Å². The summed E-state index contributed by atoms with van der Waals surface area (Å²) in [6, 6.07) is 0. The zero-order valence-corrected chi connectivity index (χ0v) is 9.21. The van der Waals surface area contributed by atoms with E-state index in [0.717, 1.165) is 19.5 Å². The molecule has 2 unspecified atom stereocenters. The second-order valence-electron chi connectivity index (χ2n) is 4.52. The van der Waals surface area contributed by atoms with Crippen LogP contribution in [-0.4, -0.2) is 48.7 Å². The summed E-state index contributed by atoms with van der Waals surface area (Å²) in [6.07, 6.45) is 0.428. The highest BCUT2D eigenvalue weighted by Crippen LogP contribution is 2.26. The molecule has 1 rings (SSSR count). The van der Waals surface area contributed by atoms with E-state index >= 15 is 0 Å². The minimum absolute atomic E-state index is 0.128. The first-order valence-electron chi connectivity index (χ1n) is 5.10. The number of nitrogens with zero attached hydrogens (tertiary/aromatic N) is 1. The first kappa shape index (κ1) is 11.5. The van der Waals surface area contributed by atoms with Crippen LogP contribution in [0.4, 0.5) is 0 Å². The second kappa shape index (κ2) is 4.28. The highest BCUT2D eigenvalue weighted by molar-refractivity contribution is 5.82. The molecule has 2 atom stereocenters. The van der Waals surface area contributed by atoms with Crippen LogP contribution < -0.4 is 5.32 Å². The summed E-state index contributed by atoms with van der Waals surface area (Å²) in [6.45, 7) is 5.74. The second-order valence-corrected chi connectivity index (χ2v) is 4.52. The molecule has 2 N–H and O–H groups in total. The van der Waals surface area contributed by atoms with Gasteiger partial charge in [-0.3, -0.25) is 4.79 Å². The molecule has 0 saturated carbocycles. The SMILES string of the molecule is CC(O)CN(C)C(=O)C1(C)CCNC1. The number of nitrogens with one attached hydrogen (secondary N) is 1. The van der Waals surface area contributed by atoms with Crippen LogP contribution in [0.15, 0.2) is 0 Å². The smallest absolute Gasteiger partial charge is 0.229 e. The molecule has 82 valence electrons. The molecular weight excluding hydrogens is 180 g/mol. The van der Waals surface area contributed by atoms with Gasteiger partial charge in [-0.15, -0.1) is 0 Å². The molecule has 0 aromatic heterocycles. The van der Waals surface area contributed by atoms with Crippen LogP contribution in [0.1, 0.15) is 20.3 Å². The molecule has 1 saturated heterocycles. The highest BCUT2D eigenvalue weighted by atomic mass is 16.3. The lowest BCUT2D eigenvalue weighted by Gasteiger charge is -2.29. The molecule has 0 bridgehead atoms. The van der Waals surface area contributed by atoms with E-state index in [-0.39, 0.29) is 11.3 Å². The summed E-state index contributed by atoms with van der Waals surface area (Å²) in [4.78, 5) is 13.6. The molecule has 0 aliphatic carbocycles. The summed E-state index contributed by atoms with van der Waals surface area (Å²) in [5.41, 5.74) is -0.274. The molecule has 14 heavy (non-hydrogen) atoms. The van der Waals surface area contributed by atoms with Gasteiger partial charge in [0.2, 0.25) is 5.91 Å². The molecule has 1 amide bonds. The Labute approximate surface area is 85.3 Å². The molecule has 1 fully saturated rings. The lowest BCUT2D eigenvalue weighted by molar-refractivity contribution is -0.140. The maximum absolute atomic E-state index is 12.0. The van der Waals surface area contributed by atoms with Crippen molar-refractivity contribution in [1.82, 2.24) is 10.2 Å². The van der Waals surface area contributed by atoms with Crippen LogP contribution in [0.25, 0.3) is 0 Å². The number of rotatable bonds is 3. The van der Waals surface area contributed by atoms with Crippen molar-refractivity contribution in [1.29, 1.82) is 0 Å². The predicted octanol–water partition coefficient (Wildman–Crippen LogP) is -0.175. The van der Waals surface area contributed by atoms with Gasteiger partial charge in [-0.05, 0) is 26.8 Å². The largest absolute Gasteiger partial charge is 0.392 e. The summed E-state index contributed by atoms with van der Waals surface area (Å²) < 4.78 is 0. The molecule has 0 aromatic carbocycles. The third-order valence-electron chi connectivity index (χ3n) is 2.77. The summed E-state index contributed by atoms with van der Waals surface area (Å²) >= 11 is 0. The van der Waals surface area contributed by atoms with Crippen molar-refractivity contribution in [3.8, 4) is 0 Å². The van der Waals surface area contributed by atoms with Gasteiger partial charge in [0, 0.05) is 20.1 Å². The number of carbonyl (C=O) groups is 1. The maximum Gasteiger partial charge on any atom is 0.229 e. The van der Waals surface area contributed by atoms with Crippen molar-refractivity contribution in [2.24, 2.45) is 5.41 Å². The molecule has 1 aliphatic heterocycles. The van der Waals surface area contributed by atoms with E-state index in [9.17, 15) is 9.90 Å². The molecule has 0 aromatic rings. The topological polar surface area (TPSA) is 52.6 Å². The van der Waals surface area contributed by atoms with Crippen LogP contribution in [0.2, 0.25) is 0 Å². The van der Waals surface area contributed by atoms with E-state index in [1.165, 1.54) is 0 Å². The predicted molar refractivity (Wildman–Crippen MR) is 54.9 cm³/mol. The lowest BCUT2D eigenvalue weighted by Crippen LogP contribution is -2.44. The van der Waals surface area contributed by atoms with Gasteiger partial charge in [-0.2, -0.15) is 0 Å². The Kier molecular flexibility index (Phi) is 3.50. The van der Waals surface area contributed by atoms with Gasteiger partial charge in [0.1, 0.15) is 0 Å². The molecule has 0 radical (unpaired) electrons. The van der Waals surface area contributed by atoms with Gasteiger partial charge in [0.25, 0.3) is 0 Å². The Morgan fingerprint density at radius 3 is 2.79 bits per heavy atom. The number of aliphatic hydroxyl groups is 1. The van der Waals surface area contributed by atoms with E-state index in [1.54, 1.807) is 18.9 Å². The van der Waals surface area contributed by atoms with Gasteiger partial charge in [0.05, 0.1) is 11.5 Å². The fourth-order valence-corrected chi connectivity index (χ4v) is 1.94. The Bertz CT molecular complexity index is 210. The van der Waals surface area contributed by atoms with E-state index in [1.807, 2.05) is 6.92 Å². The summed E-state index contributed by atoms with van der Waals surface area (Å²) in [5.74, 6) is 0.128. The first-order valence-corrected chi connectivity index (χ1v) is 5.10. The molecule has 1 heterocycles. The lowest BCUT2D eigenvalue weighted by atomic mass is 9.88. The van der Waals surface area contributed by atoms with Gasteiger partial charge in [-0.1, -0.05) is 0 Å².